The van der Waals surface area contributed by atoms with E-state index in [2.05, 4.69) is 5.32 Å². The highest BCUT2D eigenvalue weighted by Crippen LogP contribution is 2.01. The van der Waals surface area contributed by atoms with E-state index in [-0.39, 0.29) is 12.5 Å². The number of aliphatic hydroxyl groups is 1. The molecule has 5 nitrogen and oxygen atoms in total. The summed E-state index contributed by atoms with van der Waals surface area (Å²) in [6.07, 6.45) is 6.05. The predicted octanol–water partition coefficient (Wildman–Crippen LogP) is 2.08. The number of benzene rings is 1. The van der Waals surface area contributed by atoms with Crippen LogP contribution in [0, 0.1) is 0 Å². The first-order valence-electron chi connectivity index (χ1n) is 7.59. The Morgan fingerprint density at radius 3 is 2.65 bits per heavy atom. The number of nitrogens with one attached hydrogen (secondary N) is 1. The van der Waals surface area contributed by atoms with Gasteiger partial charge in [0, 0.05) is 18.2 Å². The molecule has 0 heterocycles. The summed E-state index contributed by atoms with van der Waals surface area (Å²) >= 11 is 0. The van der Waals surface area contributed by atoms with Crippen molar-refractivity contribution >= 4 is 18.0 Å². The average Bonchev–Trinajstić information content (AvgIpc) is 2.57. The predicted molar refractivity (Wildman–Crippen MR) is 89.5 cm³/mol. The molecule has 0 saturated carbocycles. The maximum Gasteiger partial charge on any atom is 0.333 e. The van der Waals surface area contributed by atoms with Crippen LogP contribution >= 0.6 is 0 Å². The van der Waals surface area contributed by atoms with Gasteiger partial charge in [0.25, 0.3) is 0 Å². The summed E-state index contributed by atoms with van der Waals surface area (Å²) in [5, 5.41) is 11.4. The van der Waals surface area contributed by atoms with E-state index in [9.17, 15) is 9.59 Å². The Hall–Kier alpha value is -2.40. The summed E-state index contributed by atoms with van der Waals surface area (Å²) < 4.78 is 5.02. The van der Waals surface area contributed by atoms with E-state index in [0.29, 0.717) is 25.1 Å². The van der Waals surface area contributed by atoms with Gasteiger partial charge in [-0.3, -0.25) is 4.79 Å². The minimum atomic E-state index is -0.422. The van der Waals surface area contributed by atoms with Crippen molar-refractivity contribution in [2.45, 2.75) is 19.8 Å². The lowest BCUT2D eigenvalue weighted by Crippen LogP contribution is -2.22. The molecule has 0 aromatic heterocycles. The number of unbranched alkanes of at least 4 members (excludes halogenated alkanes) is 1. The number of hydrogen-bond acceptors (Lipinski definition) is 4. The third-order valence-corrected chi connectivity index (χ3v) is 3.05. The maximum atomic E-state index is 11.6. The van der Waals surface area contributed by atoms with Crippen molar-refractivity contribution in [3.8, 4) is 0 Å². The minimum Gasteiger partial charge on any atom is -0.462 e. The zero-order valence-electron chi connectivity index (χ0n) is 13.3. The average molecular weight is 317 g/mol. The molecule has 0 aliphatic rings. The second-order valence-corrected chi connectivity index (χ2v) is 4.95. The lowest BCUT2D eigenvalue weighted by molar-refractivity contribution is -0.139. The Bertz CT molecular complexity index is 549. The van der Waals surface area contributed by atoms with Gasteiger partial charge < -0.3 is 15.2 Å². The van der Waals surface area contributed by atoms with Crippen molar-refractivity contribution in [2.24, 2.45) is 0 Å². The summed E-state index contributed by atoms with van der Waals surface area (Å²) in [6, 6.07) is 9.59. The molecule has 1 amide bonds. The SMILES string of the molecule is C/C(=C\CO)C(=O)OCCCCNC(=O)C=Cc1ccccc1. The van der Waals surface area contributed by atoms with E-state index >= 15 is 0 Å². The zero-order valence-corrected chi connectivity index (χ0v) is 13.3. The first-order valence-corrected chi connectivity index (χ1v) is 7.59. The second-order valence-electron chi connectivity index (χ2n) is 4.95. The molecule has 0 spiro atoms. The Kier molecular flexibility index (Phi) is 9.09. The highest BCUT2D eigenvalue weighted by molar-refractivity contribution is 5.91. The third kappa shape index (κ3) is 8.58. The van der Waals surface area contributed by atoms with Crippen LogP contribution in [0.15, 0.2) is 48.1 Å². The molecule has 0 aliphatic heterocycles. The van der Waals surface area contributed by atoms with E-state index in [4.69, 9.17) is 9.84 Å². The molecule has 2 N–H and O–H groups in total. The molecule has 0 bridgehead atoms. The van der Waals surface area contributed by atoms with Crippen LogP contribution in [0.1, 0.15) is 25.3 Å². The first kappa shape index (κ1) is 18.6. The molecular formula is C18H23NO4. The summed E-state index contributed by atoms with van der Waals surface area (Å²) in [4.78, 5) is 23.0. The van der Waals surface area contributed by atoms with Crippen LogP contribution in [0.4, 0.5) is 0 Å². The molecule has 0 fully saturated rings. The van der Waals surface area contributed by atoms with Crippen molar-refractivity contribution in [3.05, 3.63) is 53.6 Å². The third-order valence-electron chi connectivity index (χ3n) is 3.05. The Balaban J connectivity index is 2.11. The normalized spacial score (nSPS) is 11.5. The van der Waals surface area contributed by atoms with Crippen molar-refractivity contribution < 1.29 is 19.4 Å². The number of rotatable bonds is 9. The zero-order chi connectivity index (χ0) is 16.9. The molecule has 1 aromatic carbocycles. The number of carbonyl (C=O) groups is 2. The monoisotopic (exact) mass is 317 g/mol. The fraction of sp³-hybridized carbons (Fsp3) is 0.333. The van der Waals surface area contributed by atoms with Crippen molar-refractivity contribution in [3.63, 3.8) is 0 Å². The van der Waals surface area contributed by atoms with Gasteiger partial charge in [-0.15, -0.1) is 0 Å². The standard InChI is InChI=1S/C18H23NO4/c1-15(11-13-20)18(22)23-14-6-5-12-19-17(21)10-9-16-7-3-2-4-8-16/h2-4,7-11,20H,5-6,12-14H2,1H3,(H,19,21)/b10-9?,15-11+. The van der Waals surface area contributed by atoms with Crippen LogP contribution in [0.2, 0.25) is 0 Å². The summed E-state index contributed by atoms with van der Waals surface area (Å²) in [7, 11) is 0. The highest BCUT2D eigenvalue weighted by Gasteiger charge is 2.04. The van der Waals surface area contributed by atoms with Gasteiger partial charge in [0.05, 0.1) is 13.2 Å². The molecule has 0 saturated heterocycles. The van der Waals surface area contributed by atoms with Gasteiger partial charge in [0.15, 0.2) is 0 Å². The smallest absolute Gasteiger partial charge is 0.333 e. The quantitative estimate of drug-likeness (QED) is 0.415. The Morgan fingerprint density at radius 2 is 1.96 bits per heavy atom. The topological polar surface area (TPSA) is 75.6 Å². The van der Waals surface area contributed by atoms with Crippen LogP contribution in [-0.2, 0) is 14.3 Å². The van der Waals surface area contributed by atoms with Gasteiger partial charge in [-0.05, 0) is 37.5 Å². The highest BCUT2D eigenvalue weighted by atomic mass is 16.5. The second kappa shape index (κ2) is 11.2. The molecule has 0 aliphatic carbocycles. The van der Waals surface area contributed by atoms with Crippen molar-refractivity contribution in [1.29, 1.82) is 0 Å². The van der Waals surface area contributed by atoms with Gasteiger partial charge in [0.2, 0.25) is 5.91 Å². The molecule has 124 valence electrons. The fourth-order valence-corrected chi connectivity index (χ4v) is 1.73. The Labute approximate surface area is 136 Å². The largest absolute Gasteiger partial charge is 0.462 e. The lowest BCUT2D eigenvalue weighted by Gasteiger charge is -2.05. The van der Waals surface area contributed by atoms with Gasteiger partial charge in [0.1, 0.15) is 0 Å². The summed E-state index contributed by atoms with van der Waals surface area (Å²) in [6.45, 7) is 2.24. The number of aliphatic hydroxyl groups excluding tert-OH is 1. The van der Waals surface area contributed by atoms with Crippen LogP contribution in [0.3, 0.4) is 0 Å². The molecule has 1 rings (SSSR count). The minimum absolute atomic E-state index is 0.146. The molecular weight excluding hydrogens is 294 g/mol. The van der Waals surface area contributed by atoms with Crippen LogP contribution < -0.4 is 5.32 Å². The van der Waals surface area contributed by atoms with Crippen LogP contribution in [0.5, 0.6) is 0 Å². The van der Waals surface area contributed by atoms with E-state index in [0.717, 1.165) is 12.0 Å². The maximum absolute atomic E-state index is 11.6. The first-order chi connectivity index (χ1) is 11.1. The number of ether oxygens (including phenoxy) is 1. The van der Waals surface area contributed by atoms with Gasteiger partial charge in [-0.25, -0.2) is 4.79 Å². The molecule has 23 heavy (non-hydrogen) atoms. The molecule has 0 atom stereocenters. The number of esters is 1. The number of carbonyl (C=O) groups excluding carboxylic acids is 2. The van der Waals surface area contributed by atoms with E-state index in [1.807, 2.05) is 30.3 Å². The van der Waals surface area contributed by atoms with Gasteiger partial charge >= 0.3 is 5.97 Å². The van der Waals surface area contributed by atoms with Gasteiger partial charge in [-0.2, -0.15) is 0 Å². The van der Waals surface area contributed by atoms with Crippen LogP contribution in [0.25, 0.3) is 6.08 Å². The molecule has 0 radical (unpaired) electrons. The van der Waals surface area contributed by atoms with E-state index in [1.54, 1.807) is 13.0 Å². The Morgan fingerprint density at radius 1 is 1.22 bits per heavy atom. The van der Waals surface area contributed by atoms with Crippen molar-refractivity contribution in [1.82, 2.24) is 5.32 Å². The fourth-order valence-electron chi connectivity index (χ4n) is 1.73. The number of hydrogen-bond donors (Lipinski definition) is 2. The number of amides is 1. The van der Waals surface area contributed by atoms with E-state index in [1.165, 1.54) is 12.2 Å². The summed E-state index contributed by atoms with van der Waals surface area (Å²) in [5.41, 5.74) is 1.37. The van der Waals surface area contributed by atoms with E-state index < -0.39 is 5.97 Å². The van der Waals surface area contributed by atoms with Crippen molar-refractivity contribution in [2.75, 3.05) is 19.8 Å². The molecule has 5 heteroatoms. The lowest BCUT2D eigenvalue weighted by atomic mass is 10.2. The van der Waals surface area contributed by atoms with Crippen LogP contribution in [-0.4, -0.2) is 36.7 Å². The van der Waals surface area contributed by atoms with Gasteiger partial charge in [-0.1, -0.05) is 30.3 Å². The summed E-state index contributed by atoms with van der Waals surface area (Å²) in [5.74, 6) is -0.568. The molecule has 1 aromatic rings. The molecule has 0 unspecified atom stereocenters.